The first-order chi connectivity index (χ1) is 19.8. The van der Waals surface area contributed by atoms with Crippen molar-refractivity contribution in [3.63, 3.8) is 0 Å². The Morgan fingerprint density at radius 1 is 0.951 bits per heavy atom. The van der Waals surface area contributed by atoms with Gasteiger partial charge in [-0.3, -0.25) is 4.79 Å². The highest BCUT2D eigenvalue weighted by Crippen LogP contribution is 2.28. The van der Waals surface area contributed by atoms with Gasteiger partial charge in [-0.25, -0.2) is 27.5 Å². The molecule has 208 valence electrons. The standard InChI is InChI=1S/C29H23F3N6O3/c30-22-6-4-21(5-7-22)28(39)12-3-20-1-9-25(10-2-20)41-15-24-14-37(36-35-24)16-29(40,17-38-19-33-18-34-38)26-11-8-23(31)13-27(26)32/h1-14,18-19,40H,15-17H2/b12-3+. The number of ketones is 1. The van der Waals surface area contributed by atoms with Crippen molar-refractivity contribution in [1.29, 1.82) is 0 Å². The van der Waals surface area contributed by atoms with E-state index in [1.165, 1.54) is 58.4 Å². The summed E-state index contributed by atoms with van der Waals surface area (Å²) in [5.41, 5.74) is -0.384. The lowest BCUT2D eigenvalue weighted by Crippen LogP contribution is -2.37. The Morgan fingerprint density at radius 2 is 1.68 bits per heavy atom. The van der Waals surface area contributed by atoms with Crippen molar-refractivity contribution < 1.29 is 27.8 Å². The van der Waals surface area contributed by atoms with E-state index in [1.54, 1.807) is 36.5 Å². The molecule has 0 saturated heterocycles. The van der Waals surface area contributed by atoms with Gasteiger partial charge in [-0.2, -0.15) is 5.10 Å². The summed E-state index contributed by atoms with van der Waals surface area (Å²) >= 11 is 0. The van der Waals surface area contributed by atoms with E-state index in [4.69, 9.17) is 4.74 Å². The first-order valence-corrected chi connectivity index (χ1v) is 12.4. The van der Waals surface area contributed by atoms with Crippen LogP contribution in [-0.4, -0.2) is 40.6 Å². The maximum Gasteiger partial charge on any atom is 0.185 e. The Labute approximate surface area is 232 Å². The second-order valence-electron chi connectivity index (χ2n) is 9.22. The minimum atomic E-state index is -1.85. The van der Waals surface area contributed by atoms with Crippen molar-refractivity contribution in [3.05, 3.63) is 131 Å². The molecular formula is C29H23F3N6O3. The van der Waals surface area contributed by atoms with Crippen molar-refractivity contribution in [2.75, 3.05) is 0 Å². The first kappa shape index (κ1) is 27.5. The topological polar surface area (TPSA) is 108 Å². The van der Waals surface area contributed by atoms with Gasteiger partial charge in [0.2, 0.25) is 0 Å². The molecule has 0 aliphatic carbocycles. The molecule has 41 heavy (non-hydrogen) atoms. The molecule has 1 atom stereocenters. The summed E-state index contributed by atoms with van der Waals surface area (Å²) in [6, 6.07) is 15.2. The minimum Gasteiger partial charge on any atom is -0.487 e. The Bertz CT molecular complexity index is 1650. The van der Waals surface area contributed by atoms with E-state index in [0.717, 1.165) is 11.6 Å². The zero-order valence-electron chi connectivity index (χ0n) is 21.4. The van der Waals surface area contributed by atoms with Crippen LogP contribution in [0.5, 0.6) is 5.75 Å². The number of allylic oxidation sites excluding steroid dienone is 1. The number of aliphatic hydroxyl groups is 1. The third-order valence-electron chi connectivity index (χ3n) is 6.16. The van der Waals surface area contributed by atoms with Crippen molar-refractivity contribution in [2.24, 2.45) is 0 Å². The van der Waals surface area contributed by atoms with Gasteiger partial charge in [0.25, 0.3) is 0 Å². The van der Waals surface area contributed by atoms with Gasteiger partial charge in [0.1, 0.15) is 53.8 Å². The molecule has 0 amide bonds. The number of nitrogens with zero attached hydrogens (tertiary/aromatic N) is 6. The number of carbonyl (C=O) groups excluding carboxylic acids is 1. The van der Waals surface area contributed by atoms with Gasteiger partial charge in [0.15, 0.2) is 5.78 Å². The number of rotatable bonds is 11. The molecule has 2 heterocycles. The predicted octanol–water partition coefficient (Wildman–Crippen LogP) is 4.35. The van der Waals surface area contributed by atoms with Crippen molar-refractivity contribution in [3.8, 4) is 5.75 Å². The van der Waals surface area contributed by atoms with E-state index < -0.39 is 23.1 Å². The SMILES string of the molecule is O=C(/C=C/c1ccc(OCc2cn(CC(O)(Cn3cncn3)c3ccc(F)cc3F)nn2)cc1)c1ccc(F)cc1. The zero-order valence-corrected chi connectivity index (χ0v) is 21.4. The molecule has 0 aliphatic heterocycles. The number of ether oxygens (including phenoxy) is 1. The van der Waals surface area contributed by atoms with Gasteiger partial charge >= 0.3 is 0 Å². The van der Waals surface area contributed by atoms with E-state index in [1.807, 2.05) is 0 Å². The van der Waals surface area contributed by atoms with Crippen LogP contribution in [0.15, 0.2) is 91.7 Å². The molecule has 2 aromatic heterocycles. The number of hydrogen-bond acceptors (Lipinski definition) is 7. The van der Waals surface area contributed by atoms with Crippen LogP contribution in [0, 0.1) is 17.5 Å². The summed E-state index contributed by atoms with van der Waals surface area (Å²) in [5.74, 6) is -1.79. The fourth-order valence-corrected chi connectivity index (χ4v) is 4.13. The van der Waals surface area contributed by atoms with E-state index in [9.17, 15) is 23.1 Å². The van der Waals surface area contributed by atoms with Gasteiger partial charge < -0.3 is 9.84 Å². The lowest BCUT2D eigenvalue weighted by atomic mass is 9.93. The van der Waals surface area contributed by atoms with Gasteiger partial charge in [0, 0.05) is 17.2 Å². The summed E-state index contributed by atoms with van der Waals surface area (Å²) < 4.78 is 49.7. The average molecular weight is 561 g/mol. The summed E-state index contributed by atoms with van der Waals surface area (Å²) in [4.78, 5) is 16.1. The normalized spacial score (nSPS) is 12.9. The smallest absolute Gasteiger partial charge is 0.185 e. The van der Waals surface area contributed by atoms with Crippen LogP contribution in [0.4, 0.5) is 13.2 Å². The molecule has 0 fully saturated rings. The van der Waals surface area contributed by atoms with E-state index in [-0.39, 0.29) is 31.0 Å². The lowest BCUT2D eigenvalue weighted by Gasteiger charge is -2.28. The van der Waals surface area contributed by atoms with Crippen LogP contribution in [0.2, 0.25) is 0 Å². The van der Waals surface area contributed by atoms with Crippen LogP contribution in [0.3, 0.4) is 0 Å². The minimum absolute atomic E-state index is 0.0602. The summed E-state index contributed by atoms with van der Waals surface area (Å²) in [6.07, 6.45) is 7.25. The second-order valence-corrected chi connectivity index (χ2v) is 9.22. The quantitative estimate of drug-likeness (QED) is 0.189. The van der Waals surface area contributed by atoms with Crippen LogP contribution in [-0.2, 0) is 25.3 Å². The fourth-order valence-electron chi connectivity index (χ4n) is 4.13. The van der Waals surface area contributed by atoms with Crippen LogP contribution >= 0.6 is 0 Å². The molecule has 12 heteroatoms. The van der Waals surface area contributed by atoms with Crippen molar-refractivity contribution >= 4 is 11.9 Å². The maximum absolute atomic E-state index is 14.7. The van der Waals surface area contributed by atoms with Gasteiger partial charge in [-0.1, -0.05) is 29.5 Å². The molecule has 5 aromatic rings. The highest BCUT2D eigenvalue weighted by atomic mass is 19.1. The third-order valence-corrected chi connectivity index (χ3v) is 6.16. The molecule has 3 aromatic carbocycles. The monoisotopic (exact) mass is 560 g/mol. The largest absolute Gasteiger partial charge is 0.487 e. The van der Waals surface area contributed by atoms with Gasteiger partial charge in [-0.15, -0.1) is 5.10 Å². The molecule has 0 saturated carbocycles. The molecule has 0 radical (unpaired) electrons. The van der Waals surface area contributed by atoms with Crippen molar-refractivity contribution in [1.82, 2.24) is 29.8 Å². The number of benzene rings is 3. The summed E-state index contributed by atoms with van der Waals surface area (Å²) in [6.45, 7) is -0.317. The summed E-state index contributed by atoms with van der Waals surface area (Å²) in [5, 5.41) is 23.5. The zero-order chi connectivity index (χ0) is 28.8. The number of carbonyl (C=O) groups is 1. The third kappa shape index (κ3) is 6.92. The van der Waals surface area contributed by atoms with Gasteiger partial charge in [-0.05, 0) is 54.1 Å². The Morgan fingerprint density at radius 3 is 2.39 bits per heavy atom. The van der Waals surface area contributed by atoms with Crippen LogP contribution in [0.25, 0.3) is 6.08 Å². The number of hydrogen-bond donors (Lipinski definition) is 1. The Hall–Kier alpha value is -5.10. The van der Waals surface area contributed by atoms with E-state index in [0.29, 0.717) is 23.1 Å². The van der Waals surface area contributed by atoms with Gasteiger partial charge in [0.05, 0.1) is 19.3 Å². The highest BCUT2D eigenvalue weighted by molar-refractivity contribution is 6.06. The molecule has 9 nitrogen and oxygen atoms in total. The first-order valence-electron chi connectivity index (χ1n) is 12.4. The second kappa shape index (κ2) is 12.0. The highest BCUT2D eigenvalue weighted by Gasteiger charge is 2.34. The molecule has 0 aliphatic rings. The lowest BCUT2D eigenvalue weighted by molar-refractivity contribution is -0.00892. The predicted molar refractivity (Wildman–Crippen MR) is 141 cm³/mol. The molecule has 0 bridgehead atoms. The van der Waals surface area contributed by atoms with E-state index >= 15 is 0 Å². The molecule has 1 N–H and O–H groups in total. The molecule has 0 spiro atoms. The van der Waals surface area contributed by atoms with Crippen LogP contribution < -0.4 is 4.74 Å². The maximum atomic E-state index is 14.7. The Balaban J connectivity index is 1.21. The Kier molecular flexibility index (Phi) is 8.01. The average Bonchev–Trinajstić information content (AvgIpc) is 3.63. The molecule has 1 unspecified atom stereocenters. The van der Waals surface area contributed by atoms with Crippen molar-refractivity contribution in [2.45, 2.75) is 25.3 Å². The summed E-state index contributed by atoms with van der Waals surface area (Å²) in [7, 11) is 0. The van der Waals surface area contributed by atoms with E-state index in [2.05, 4.69) is 20.4 Å². The fraction of sp³-hybridized carbons (Fsp3) is 0.138. The molecular weight excluding hydrogens is 537 g/mol. The number of aromatic nitrogens is 6. The molecule has 5 rings (SSSR count). The number of halogens is 3. The van der Waals surface area contributed by atoms with Crippen LogP contribution in [0.1, 0.15) is 27.2 Å².